The predicted molar refractivity (Wildman–Crippen MR) is 82.9 cm³/mol. The van der Waals surface area contributed by atoms with Crippen LogP contribution >= 0.6 is 23.2 Å². The molecular formula is C15H16Cl2N2O2. The Morgan fingerprint density at radius 3 is 2.81 bits per heavy atom. The van der Waals surface area contributed by atoms with Crippen LogP contribution in [-0.4, -0.2) is 36.2 Å². The highest BCUT2D eigenvalue weighted by atomic mass is 35.5. The Kier molecular flexibility index (Phi) is 4.09. The summed E-state index contributed by atoms with van der Waals surface area (Å²) in [5.41, 5.74) is 1.74. The summed E-state index contributed by atoms with van der Waals surface area (Å²) in [6.07, 6.45) is 2.60. The fourth-order valence-corrected chi connectivity index (χ4v) is 2.71. The zero-order chi connectivity index (χ0) is 15.0. The first-order valence-electron chi connectivity index (χ1n) is 6.97. The topological polar surface area (TPSA) is 41.9 Å². The zero-order valence-corrected chi connectivity index (χ0v) is 13.2. The molecule has 1 aromatic carbocycles. The molecule has 0 spiro atoms. The maximum Gasteiger partial charge on any atom is 0.225 e. The fraction of sp³-hybridized carbons (Fsp3) is 0.467. The molecule has 6 heteroatoms. The highest BCUT2D eigenvalue weighted by molar-refractivity contribution is 6.42. The van der Waals surface area contributed by atoms with Crippen LogP contribution in [-0.2, 0) is 9.63 Å². The molecule has 1 aromatic rings. The molecular weight excluding hydrogens is 311 g/mol. The average molecular weight is 327 g/mol. The van der Waals surface area contributed by atoms with E-state index in [1.165, 1.54) is 0 Å². The average Bonchev–Trinajstić information content (AvgIpc) is 3.21. The quantitative estimate of drug-likeness (QED) is 0.851. The molecule has 0 saturated heterocycles. The minimum absolute atomic E-state index is 0.0952. The van der Waals surface area contributed by atoms with Crippen LogP contribution in [0.3, 0.4) is 0 Å². The smallest absolute Gasteiger partial charge is 0.225 e. The standard InChI is InChI=1S/C15H16Cl2N2O2/c1-19(15(20)9-2-3-9)8-11-7-14(18-21-11)10-4-5-12(16)13(17)6-10/h4-6,9,11H,2-3,7-8H2,1H3/t11-/m0/s1. The second-order valence-electron chi connectivity index (χ2n) is 5.59. The van der Waals surface area contributed by atoms with Crippen molar-refractivity contribution in [3.63, 3.8) is 0 Å². The van der Waals surface area contributed by atoms with Gasteiger partial charge in [-0.3, -0.25) is 4.79 Å². The third kappa shape index (κ3) is 3.33. The molecule has 3 rings (SSSR count). The van der Waals surface area contributed by atoms with Crippen molar-refractivity contribution in [3.8, 4) is 0 Å². The second kappa shape index (κ2) is 5.85. The fourth-order valence-electron chi connectivity index (χ4n) is 2.41. The van der Waals surface area contributed by atoms with Crippen LogP contribution in [0.15, 0.2) is 23.4 Å². The largest absolute Gasteiger partial charge is 0.390 e. The van der Waals surface area contributed by atoms with Crippen LogP contribution in [0.2, 0.25) is 10.0 Å². The lowest BCUT2D eigenvalue weighted by Gasteiger charge is -2.19. The Morgan fingerprint density at radius 2 is 2.14 bits per heavy atom. The Balaban J connectivity index is 1.59. The van der Waals surface area contributed by atoms with E-state index in [9.17, 15) is 4.79 Å². The first kappa shape index (κ1) is 14.7. The van der Waals surface area contributed by atoms with Crippen LogP contribution in [0, 0.1) is 5.92 Å². The van der Waals surface area contributed by atoms with Gasteiger partial charge in [-0.05, 0) is 25.0 Å². The maximum absolute atomic E-state index is 11.9. The number of benzene rings is 1. The van der Waals surface area contributed by atoms with Crippen molar-refractivity contribution in [1.29, 1.82) is 0 Å². The van der Waals surface area contributed by atoms with Gasteiger partial charge in [-0.15, -0.1) is 0 Å². The van der Waals surface area contributed by atoms with Crippen molar-refractivity contribution >= 4 is 34.8 Å². The molecule has 4 nitrogen and oxygen atoms in total. The first-order valence-corrected chi connectivity index (χ1v) is 7.73. The summed E-state index contributed by atoms with van der Waals surface area (Å²) in [4.78, 5) is 19.1. The minimum atomic E-state index is -0.0952. The number of carbonyl (C=O) groups excluding carboxylic acids is 1. The van der Waals surface area contributed by atoms with Crippen LogP contribution < -0.4 is 0 Å². The van der Waals surface area contributed by atoms with E-state index in [1.807, 2.05) is 13.1 Å². The van der Waals surface area contributed by atoms with E-state index >= 15 is 0 Å². The molecule has 0 unspecified atom stereocenters. The van der Waals surface area contributed by atoms with E-state index < -0.39 is 0 Å². The number of likely N-dealkylation sites (N-methyl/N-ethyl adjacent to an activating group) is 1. The van der Waals surface area contributed by atoms with Gasteiger partial charge in [-0.2, -0.15) is 0 Å². The molecule has 1 heterocycles. The highest BCUT2D eigenvalue weighted by Gasteiger charge is 2.34. The molecule has 1 aliphatic heterocycles. The zero-order valence-electron chi connectivity index (χ0n) is 11.7. The normalized spacial score (nSPS) is 20.9. The lowest BCUT2D eigenvalue weighted by Crippen LogP contribution is -2.35. The third-order valence-electron chi connectivity index (χ3n) is 3.77. The van der Waals surface area contributed by atoms with Gasteiger partial charge in [0.15, 0.2) is 6.10 Å². The first-order chi connectivity index (χ1) is 10.0. The second-order valence-corrected chi connectivity index (χ2v) is 6.41. The van der Waals surface area contributed by atoms with Gasteiger partial charge in [0.25, 0.3) is 0 Å². The Labute approximate surface area is 133 Å². The number of halogens is 2. The maximum atomic E-state index is 11.9. The van der Waals surface area contributed by atoms with E-state index in [0.29, 0.717) is 23.0 Å². The summed E-state index contributed by atoms with van der Waals surface area (Å²) in [6.45, 7) is 0.559. The molecule has 1 fully saturated rings. The summed E-state index contributed by atoms with van der Waals surface area (Å²) >= 11 is 11.9. The Morgan fingerprint density at radius 1 is 1.38 bits per heavy atom. The van der Waals surface area contributed by atoms with Crippen molar-refractivity contribution in [1.82, 2.24) is 4.90 Å². The lowest BCUT2D eigenvalue weighted by atomic mass is 10.0. The summed E-state index contributed by atoms with van der Waals surface area (Å²) in [7, 11) is 1.82. The molecule has 0 aromatic heterocycles. The van der Waals surface area contributed by atoms with E-state index in [2.05, 4.69) is 5.16 Å². The number of rotatable bonds is 4. The Hall–Kier alpha value is -1.26. The number of hydrogen-bond acceptors (Lipinski definition) is 3. The van der Waals surface area contributed by atoms with Gasteiger partial charge in [-0.25, -0.2) is 0 Å². The third-order valence-corrected chi connectivity index (χ3v) is 4.51. The molecule has 0 bridgehead atoms. The number of amides is 1. The van der Waals surface area contributed by atoms with Gasteiger partial charge >= 0.3 is 0 Å². The van der Waals surface area contributed by atoms with Crippen LogP contribution in [0.1, 0.15) is 24.8 Å². The molecule has 1 atom stereocenters. The number of oxime groups is 1. The summed E-state index contributed by atoms with van der Waals surface area (Å²) < 4.78 is 0. The summed E-state index contributed by atoms with van der Waals surface area (Å²) in [5, 5.41) is 5.13. The lowest BCUT2D eigenvalue weighted by molar-refractivity contribution is -0.132. The van der Waals surface area contributed by atoms with Crippen LogP contribution in [0.5, 0.6) is 0 Å². The highest BCUT2D eigenvalue weighted by Crippen LogP contribution is 2.31. The predicted octanol–water partition coefficient (Wildman–Crippen LogP) is 3.35. The van der Waals surface area contributed by atoms with Gasteiger partial charge in [0.05, 0.1) is 22.3 Å². The number of carbonyl (C=O) groups is 1. The van der Waals surface area contributed by atoms with Crippen molar-refractivity contribution in [2.75, 3.05) is 13.6 Å². The van der Waals surface area contributed by atoms with E-state index in [1.54, 1.807) is 17.0 Å². The summed E-state index contributed by atoms with van der Waals surface area (Å²) in [6, 6.07) is 5.41. The molecule has 0 N–H and O–H groups in total. The van der Waals surface area contributed by atoms with Gasteiger partial charge in [-0.1, -0.05) is 34.4 Å². The van der Waals surface area contributed by atoms with Gasteiger partial charge in [0.1, 0.15) is 0 Å². The van der Waals surface area contributed by atoms with Crippen LogP contribution in [0.25, 0.3) is 0 Å². The van der Waals surface area contributed by atoms with E-state index in [4.69, 9.17) is 28.0 Å². The molecule has 2 aliphatic rings. The Bertz CT molecular complexity index is 599. The number of nitrogens with zero attached hydrogens (tertiary/aromatic N) is 2. The summed E-state index contributed by atoms with van der Waals surface area (Å²) in [5.74, 6) is 0.438. The monoisotopic (exact) mass is 326 g/mol. The van der Waals surface area contributed by atoms with Crippen LogP contribution in [0.4, 0.5) is 0 Å². The number of hydrogen-bond donors (Lipinski definition) is 0. The SMILES string of the molecule is CN(C[C@@H]1CC(c2ccc(Cl)c(Cl)c2)=NO1)C(=O)C1CC1. The van der Waals surface area contributed by atoms with Gasteiger partial charge < -0.3 is 9.74 Å². The van der Waals surface area contributed by atoms with Gasteiger partial charge in [0.2, 0.25) is 5.91 Å². The van der Waals surface area contributed by atoms with Gasteiger partial charge in [0, 0.05) is 24.9 Å². The molecule has 112 valence electrons. The van der Waals surface area contributed by atoms with Crippen molar-refractivity contribution in [2.24, 2.45) is 11.1 Å². The molecule has 0 radical (unpaired) electrons. The van der Waals surface area contributed by atoms with E-state index in [-0.39, 0.29) is 17.9 Å². The molecule has 1 saturated carbocycles. The van der Waals surface area contributed by atoms with Crippen molar-refractivity contribution < 1.29 is 9.63 Å². The minimum Gasteiger partial charge on any atom is -0.390 e. The molecule has 1 aliphatic carbocycles. The van der Waals surface area contributed by atoms with Crippen molar-refractivity contribution in [2.45, 2.75) is 25.4 Å². The molecule has 21 heavy (non-hydrogen) atoms. The molecule has 1 amide bonds. The van der Waals surface area contributed by atoms with E-state index in [0.717, 1.165) is 24.1 Å². The van der Waals surface area contributed by atoms with Crippen molar-refractivity contribution in [3.05, 3.63) is 33.8 Å².